The van der Waals surface area contributed by atoms with Gasteiger partial charge in [0.25, 0.3) is 0 Å². The summed E-state index contributed by atoms with van der Waals surface area (Å²) in [4.78, 5) is 2.03. The molecule has 1 aromatic rings. The van der Waals surface area contributed by atoms with Gasteiger partial charge in [0, 0.05) is 25.4 Å². The minimum atomic E-state index is 0.296. The zero-order valence-electron chi connectivity index (χ0n) is 10.3. The summed E-state index contributed by atoms with van der Waals surface area (Å²) in [5, 5.41) is 1.36. The van der Waals surface area contributed by atoms with Gasteiger partial charge in [0.15, 0.2) is 0 Å². The largest absolute Gasteiger partial charge is 0.378 e. The van der Waals surface area contributed by atoms with Crippen LogP contribution in [-0.4, -0.2) is 14.1 Å². The minimum absolute atomic E-state index is 0.296. The predicted octanol–water partition coefficient (Wildman–Crippen LogP) is 5.53. The standard InChI is InChI=1S/C14H11Cl4N/c1-19(2)9-5-3-8(4-6-9)7-10-11(15)13(17)14(18)12(10)16/h3-7H,1-2H3. The van der Waals surface area contributed by atoms with Crippen LogP contribution in [0.3, 0.4) is 0 Å². The van der Waals surface area contributed by atoms with Crippen molar-refractivity contribution >= 4 is 58.2 Å². The molecule has 100 valence electrons. The van der Waals surface area contributed by atoms with Crippen LogP contribution >= 0.6 is 46.4 Å². The van der Waals surface area contributed by atoms with Gasteiger partial charge in [-0.3, -0.25) is 0 Å². The Hall–Kier alpha value is -0.600. The van der Waals surface area contributed by atoms with E-state index in [0.717, 1.165) is 11.3 Å². The molecule has 0 fully saturated rings. The van der Waals surface area contributed by atoms with E-state index in [1.54, 1.807) is 0 Å². The van der Waals surface area contributed by atoms with Crippen LogP contribution in [0.2, 0.25) is 0 Å². The second-order valence-corrected chi connectivity index (χ2v) is 5.81. The van der Waals surface area contributed by atoms with Gasteiger partial charge < -0.3 is 4.90 Å². The highest BCUT2D eigenvalue weighted by molar-refractivity contribution is 6.55. The lowest BCUT2D eigenvalue weighted by Crippen LogP contribution is -2.07. The van der Waals surface area contributed by atoms with E-state index >= 15 is 0 Å². The third-order valence-corrected chi connectivity index (χ3v) is 4.60. The van der Waals surface area contributed by atoms with E-state index in [0.29, 0.717) is 25.7 Å². The summed E-state index contributed by atoms with van der Waals surface area (Å²) in [7, 11) is 3.98. The molecule has 0 aliphatic heterocycles. The monoisotopic (exact) mass is 333 g/mol. The third-order valence-electron chi connectivity index (χ3n) is 2.77. The van der Waals surface area contributed by atoms with E-state index in [-0.39, 0.29) is 0 Å². The topological polar surface area (TPSA) is 3.24 Å². The molecule has 0 N–H and O–H groups in total. The molecule has 0 aromatic heterocycles. The first kappa shape index (κ1) is 14.8. The van der Waals surface area contributed by atoms with Crippen molar-refractivity contribution in [3.63, 3.8) is 0 Å². The Labute approximate surface area is 132 Å². The van der Waals surface area contributed by atoms with Crippen LogP contribution in [0.1, 0.15) is 5.56 Å². The summed E-state index contributed by atoms with van der Waals surface area (Å²) in [5.74, 6) is 0. The molecule has 0 bridgehead atoms. The van der Waals surface area contributed by atoms with Crippen LogP contribution in [0, 0.1) is 0 Å². The summed E-state index contributed by atoms with van der Waals surface area (Å²) in [6, 6.07) is 7.99. The van der Waals surface area contributed by atoms with Crippen molar-refractivity contribution in [1.29, 1.82) is 0 Å². The van der Waals surface area contributed by atoms with Gasteiger partial charge in [-0.1, -0.05) is 58.5 Å². The first-order valence-corrected chi connectivity index (χ1v) is 7.03. The molecule has 1 aliphatic carbocycles. The van der Waals surface area contributed by atoms with Crippen LogP contribution in [0.5, 0.6) is 0 Å². The van der Waals surface area contributed by atoms with E-state index in [4.69, 9.17) is 46.4 Å². The maximum Gasteiger partial charge on any atom is 0.0800 e. The number of nitrogens with zero attached hydrogens (tertiary/aromatic N) is 1. The number of hydrogen-bond acceptors (Lipinski definition) is 1. The first-order chi connectivity index (χ1) is 8.91. The number of benzene rings is 1. The molecule has 0 spiro atoms. The lowest BCUT2D eigenvalue weighted by atomic mass is 10.1. The van der Waals surface area contributed by atoms with Gasteiger partial charge in [0.2, 0.25) is 0 Å². The Bertz CT molecular complexity index is 568. The number of rotatable bonds is 2. The van der Waals surface area contributed by atoms with Crippen molar-refractivity contribution in [2.45, 2.75) is 0 Å². The molecule has 19 heavy (non-hydrogen) atoms. The van der Waals surface area contributed by atoms with Crippen LogP contribution in [0.25, 0.3) is 6.08 Å². The second-order valence-electron chi connectivity index (χ2n) is 4.30. The van der Waals surface area contributed by atoms with Crippen molar-refractivity contribution < 1.29 is 0 Å². The van der Waals surface area contributed by atoms with E-state index < -0.39 is 0 Å². The molecule has 5 heteroatoms. The summed E-state index contributed by atoms with van der Waals surface area (Å²) < 4.78 is 0. The highest BCUT2D eigenvalue weighted by Gasteiger charge is 2.24. The lowest BCUT2D eigenvalue weighted by molar-refractivity contribution is 1.13. The van der Waals surface area contributed by atoms with Gasteiger partial charge in [-0.05, 0) is 23.8 Å². The molecule has 1 aliphatic rings. The predicted molar refractivity (Wildman–Crippen MR) is 86.2 cm³/mol. The van der Waals surface area contributed by atoms with Crippen molar-refractivity contribution in [2.24, 2.45) is 0 Å². The van der Waals surface area contributed by atoms with E-state index in [2.05, 4.69) is 0 Å². The molecule has 1 nitrogen and oxygen atoms in total. The summed E-state index contributed by atoms with van der Waals surface area (Å²) >= 11 is 24.1. The Morgan fingerprint density at radius 1 is 0.789 bits per heavy atom. The maximum atomic E-state index is 6.11. The normalized spacial score (nSPS) is 15.4. The fraction of sp³-hybridized carbons (Fsp3) is 0.143. The Balaban J connectivity index is 2.38. The average molecular weight is 335 g/mol. The molecule has 0 unspecified atom stereocenters. The molecule has 0 saturated heterocycles. The van der Waals surface area contributed by atoms with Gasteiger partial charge in [-0.2, -0.15) is 0 Å². The molecular weight excluding hydrogens is 324 g/mol. The van der Waals surface area contributed by atoms with Gasteiger partial charge in [0.05, 0.1) is 20.1 Å². The lowest BCUT2D eigenvalue weighted by Gasteiger charge is -2.12. The first-order valence-electron chi connectivity index (χ1n) is 5.52. The van der Waals surface area contributed by atoms with E-state index in [1.165, 1.54) is 0 Å². The van der Waals surface area contributed by atoms with Crippen LogP contribution in [-0.2, 0) is 0 Å². The minimum Gasteiger partial charge on any atom is -0.378 e. The van der Waals surface area contributed by atoms with Crippen LogP contribution in [0.15, 0.2) is 50.0 Å². The zero-order valence-corrected chi connectivity index (χ0v) is 13.4. The van der Waals surface area contributed by atoms with E-state index in [9.17, 15) is 0 Å². The maximum absolute atomic E-state index is 6.11. The molecule has 0 radical (unpaired) electrons. The van der Waals surface area contributed by atoms with Gasteiger partial charge in [-0.15, -0.1) is 0 Å². The fourth-order valence-electron chi connectivity index (χ4n) is 1.69. The summed E-state index contributed by atoms with van der Waals surface area (Å²) in [5.41, 5.74) is 2.75. The van der Waals surface area contributed by atoms with E-state index in [1.807, 2.05) is 49.3 Å². The Kier molecular flexibility index (Phi) is 4.52. The zero-order chi connectivity index (χ0) is 14.2. The van der Waals surface area contributed by atoms with Crippen molar-refractivity contribution in [3.8, 4) is 0 Å². The average Bonchev–Trinajstić information content (AvgIpc) is 2.57. The van der Waals surface area contributed by atoms with Gasteiger partial charge >= 0.3 is 0 Å². The number of halogens is 4. The number of anilines is 1. The second kappa shape index (κ2) is 5.80. The molecule has 0 amide bonds. The van der Waals surface area contributed by atoms with Crippen molar-refractivity contribution in [3.05, 3.63) is 55.5 Å². The van der Waals surface area contributed by atoms with Crippen LogP contribution in [0.4, 0.5) is 5.69 Å². The molecule has 1 aromatic carbocycles. The highest BCUT2D eigenvalue weighted by Crippen LogP contribution is 2.45. The fourth-order valence-corrected chi connectivity index (χ4v) is 2.71. The molecular formula is C14H11Cl4N. The molecule has 0 atom stereocenters. The third kappa shape index (κ3) is 2.95. The van der Waals surface area contributed by atoms with Gasteiger partial charge in [-0.25, -0.2) is 0 Å². The molecule has 0 heterocycles. The molecule has 2 rings (SSSR count). The number of allylic oxidation sites excluding steroid dienone is 5. The Morgan fingerprint density at radius 3 is 1.68 bits per heavy atom. The highest BCUT2D eigenvalue weighted by atomic mass is 35.5. The summed E-state index contributed by atoms with van der Waals surface area (Å²) in [6.45, 7) is 0. The smallest absolute Gasteiger partial charge is 0.0800 e. The van der Waals surface area contributed by atoms with Gasteiger partial charge in [0.1, 0.15) is 0 Å². The SMILES string of the molecule is CN(C)c1ccc(C=C2C(Cl)=C(Cl)C(Cl)=C2Cl)cc1. The van der Waals surface area contributed by atoms with Crippen molar-refractivity contribution in [1.82, 2.24) is 0 Å². The molecule has 0 saturated carbocycles. The van der Waals surface area contributed by atoms with Crippen molar-refractivity contribution in [2.75, 3.05) is 19.0 Å². The number of hydrogen-bond donors (Lipinski definition) is 0. The summed E-state index contributed by atoms with van der Waals surface area (Å²) in [6.07, 6.45) is 1.86. The quantitative estimate of drug-likeness (QED) is 0.687. The van der Waals surface area contributed by atoms with Crippen LogP contribution < -0.4 is 4.90 Å². The Morgan fingerprint density at radius 2 is 1.26 bits per heavy atom.